The number of hydrogen-bond donors (Lipinski definition) is 3. The zero-order valence-corrected chi connectivity index (χ0v) is 19.8. The van der Waals surface area contributed by atoms with Crippen LogP contribution in [-0.2, 0) is 22.4 Å². The number of thiophene rings is 1. The predicted octanol–water partition coefficient (Wildman–Crippen LogP) is 2.77. The number of ether oxygens (including phenoxy) is 2. The van der Waals surface area contributed by atoms with Crippen molar-refractivity contribution in [3.8, 4) is 5.88 Å². The number of hydrogen-bond acceptors (Lipinski definition) is 10. The average molecular weight is 482 g/mol. The number of pyridine rings is 1. The lowest BCUT2D eigenvalue weighted by atomic mass is 9.78. The lowest BCUT2D eigenvalue weighted by molar-refractivity contribution is -0.188. The van der Waals surface area contributed by atoms with Gasteiger partial charge in [0.05, 0.1) is 31.1 Å². The summed E-state index contributed by atoms with van der Waals surface area (Å²) in [6.45, 7) is 3.54. The van der Waals surface area contributed by atoms with Crippen LogP contribution in [0.2, 0.25) is 0 Å². The molecule has 11 heteroatoms. The molecule has 6 rings (SSSR count). The highest BCUT2D eigenvalue weighted by Gasteiger charge is 2.48. The number of nitrogen functional groups attached to an aromatic ring is 1. The van der Waals surface area contributed by atoms with Gasteiger partial charge in [-0.1, -0.05) is 0 Å². The Bertz CT molecular complexity index is 1230. The Morgan fingerprint density at radius 3 is 2.76 bits per heavy atom. The van der Waals surface area contributed by atoms with Crippen LogP contribution in [0.5, 0.6) is 5.88 Å². The van der Waals surface area contributed by atoms with Gasteiger partial charge in [0.2, 0.25) is 12.3 Å². The van der Waals surface area contributed by atoms with Gasteiger partial charge in [0, 0.05) is 29.7 Å². The second-order valence-corrected chi connectivity index (χ2v) is 9.99. The van der Waals surface area contributed by atoms with E-state index in [9.17, 15) is 4.79 Å². The van der Waals surface area contributed by atoms with Crippen molar-refractivity contribution in [1.29, 1.82) is 5.41 Å². The molecule has 0 atom stereocenters. The van der Waals surface area contributed by atoms with Crippen LogP contribution >= 0.6 is 11.3 Å². The number of methoxy groups -OCH3 is 1. The Morgan fingerprint density at radius 2 is 2.09 bits per heavy atom. The molecule has 0 aromatic carbocycles. The van der Waals surface area contributed by atoms with Crippen LogP contribution in [0.25, 0.3) is 10.2 Å². The van der Waals surface area contributed by atoms with Gasteiger partial charge in [-0.15, -0.1) is 11.3 Å². The molecule has 2 fully saturated rings. The highest BCUT2D eigenvalue weighted by Crippen LogP contribution is 2.40. The zero-order valence-electron chi connectivity index (χ0n) is 19.0. The third-order valence-corrected chi connectivity index (χ3v) is 7.64. The normalized spacial score (nSPS) is 17.6. The molecule has 0 bridgehead atoms. The van der Waals surface area contributed by atoms with E-state index in [2.05, 4.69) is 20.3 Å². The summed E-state index contributed by atoms with van der Waals surface area (Å²) in [6, 6.07) is 1.75. The fourth-order valence-electron chi connectivity index (χ4n) is 4.66. The summed E-state index contributed by atoms with van der Waals surface area (Å²) < 4.78 is 10.4. The first kappa shape index (κ1) is 22.5. The largest absolute Gasteiger partial charge is 0.479 e. The predicted molar refractivity (Wildman–Crippen MR) is 131 cm³/mol. The van der Waals surface area contributed by atoms with Crippen molar-refractivity contribution in [2.45, 2.75) is 25.7 Å². The zero-order chi connectivity index (χ0) is 23.7. The average Bonchev–Trinajstić information content (AvgIpc) is 3.18. The molecule has 3 aromatic heterocycles. The van der Waals surface area contributed by atoms with Gasteiger partial charge in [-0.05, 0) is 37.3 Å². The van der Waals surface area contributed by atoms with E-state index in [1.54, 1.807) is 35.7 Å². The third-order valence-electron chi connectivity index (χ3n) is 6.44. The second kappa shape index (κ2) is 9.15. The molecule has 178 valence electrons. The van der Waals surface area contributed by atoms with E-state index in [-0.39, 0.29) is 5.82 Å². The number of nitrogens with zero attached hydrogens (tertiary/aromatic N) is 4. The van der Waals surface area contributed by atoms with Crippen LogP contribution in [0.1, 0.15) is 28.8 Å². The van der Waals surface area contributed by atoms with E-state index in [4.69, 9.17) is 20.6 Å². The maximum atomic E-state index is 10.1. The molecular formula is C23H27N7O3S. The first-order valence-corrected chi connectivity index (χ1v) is 12.0. The summed E-state index contributed by atoms with van der Waals surface area (Å²) in [5, 5.41) is 11.9. The fraction of sp³-hybridized carbons (Fsp3) is 0.435. The minimum absolute atomic E-state index is 0.262. The van der Waals surface area contributed by atoms with E-state index >= 15 is 0 Å². The molecule has 1 amide bonds. The number of likely N-dealkylation sites (tertiary alicyclic amines) is 1. The molecule has 5 heterocycles. The fourth-order valence-corrected chi connectivity index (χ4v) is 5.89. The van der Waals surface area contributed by atoms with Crippen molar-refractivity contribution >= 4 is 51.5 Å². The number of rotatable bonds is 5. The Kier molecular flexibility index (Phi) is 6.05. The van der Waals surface area contributed by atoms with E-state index < -0.39 is 0 Å². The molecule has 1 aliphatic carbocycles. The molecule has 0 unspecified atom stereocenters. The van der Waals surface area contributed by atoms with Crippen molar-refractivity contribution in [3.63, 3.8) is 0 Å². The number of fused-ring (bicyclic) bond motifs is 3. The number of carbonyl (C=O) groups is 1. The van der Waals surface area contributed by atoms with Crippen LogP contribution < -0.4 is 15.8 Å². The Balaban J connectivity index is 0.000000222. The number of aromatic nitrogens is 3. The summed E-state index contributed by atoms with van der Waals surface area (Å²) >= 11 is 1.75. The molecule has 0 radical (unpaired) electrons. The van der Waals surface area contributed by atoms with Crippen LogP contribution in [0.4, 0.5) is 17.3 Å². The number of nitrogens with two attached hydrogens (primary N) is 1. The minimum Gasteiger partial charge on any atom is -0.479 e. The van der Waals surface area contributed by atoms with Gasteiger partial charge in [0.15, 0.2) is 0 Å². The van der Waals surface area contributed by atoms with Gasteiger partial charge >= 0.3 is 0 Å². The van der Waals surface area contributed by atoms with Crippen molar-refractivity contribution < 1.29 is 14.3 Å². The molecule has 2 aliphatic heterocycles. The smallest absolute Gasteiger partial charge is 0.239 e. The standard InChI is InChI=1S/C17H18N6OS.C6H9NO2/c1-24-16-11(6-9(7-18)14(19)23-16)22-15-13-10-4-2-3-5-12(10)25-17(13)21-8-20-15;8-5-7-1-6(2-7)3-9-4-6/h6-8,18H,2-5H2,1H3,(H2,19,23)(H,20,21,22);5H,1-4H2. The van der Waals surface area contributed by atoms with Gasteiger partial charge in [0.1, 0.15) is 28.5 Å². The van der Waals surface area contributed by atoms with Gasteiger partial charge in [-0.2, -0.15) is 4.98 Å². The first-order valence-electron chi connectivity index (χ1n) is 11.2. The van der Waals surface area contributed by atoms with Crippen LogP contribution in [0.15, 0.2) is 12.4 Å². The molecule has 1 spiro atoms. The summed E-state index contributed by atoms with van der Waals surface area (Å²) in [7, 11) is 1.54. The SMILES string of the molecule is COc1nc(N)c(C=N)cc1Nc1ncnc2sc3c(c12)CCCC3.O=CN1CC2(COC2)C1. The van der Waals surface area contributed by atoms with Crippen molar-refractivity contribution in [2.24, 2.45) is 5.41 Å². The maximum absolute atomic E-state index is 10.1. The van der Waals surface area contributed by atoms with Crippen molar-refractivity contribution in [2.75, 3.05) is 44.5 Å². The highest BCUT2D eigenvalue weighted by molar-refractivity contribution is 7.19. The molecular weight excluding hydrogens is 454 g/mol. The molecule has 10 nitrogen and oxygen atoms in total. The lowest BCUT2D eigenvalue weighted by Gasteiger charge is -2.53. The topological polar surface area (TPSA) is 139 Å². The van der Waals surface area contributed by atoms with E-state index in [1.807, 2.05) is 0 Å². The van der Waals surface area contributed by atoms with Crippen LogP contribution in [0, 0.1) is 10.8 Å². The second-order valence-electron chi connectivity index (χ2n) is 8.91. The quantitative estimate of drug-likeness (QED) is 0.373. The summed E-state index contributed by atoms with van der Waals surface area (Å²) in [5.74, 6) is 1.38. The summed E-state index contributed by atoms with van der Waals surface area (Å²) in [6.07, 6.45) is 8.24. The third kappa shape index (κ3) is 4.05. The number of amides is 1. The van der Waals surface area contributed by atoms with Crippen LogP contribution in [-0.4, -0.2) is 65.9 Å². The first-order chi connectivity index (χ1) is 16.6. The molecule has 3 aromatic rings. The number of nitrogens with one attached hydrogen (secondary N) is 2. The van der Waals surface area contributed by atoms with E-state index in [0.29, 0.717) is 22.5 Å². The van der Waals surface area contributed by atoms with E-state index in [1.165, 1.54) is 29.5 Å². The maximum Gasteiger partial charge on any atom is 0.239 e. The van der Waals surface area contributed by atoms with Gasteiger partial charge < -0.3 is 30.8 Å². The van der Waals surface area contributed by atoms with Crippen molar-refractivity contribution in [3.05, 3.63) is 28.4 Å². The van der Waals surface area contributed by atoms with Gasteiger partial charge in [-0.3, -0.25) is 4.79 Å². The Labute approximate surface area is 201 Å². The molecule has 0 saturated carbocycles. The van der Waals surface area contributed by atoms with Crippen LogP contribution in [0.3, 0.4) is 0 Å². The van der Waals surface area contributed by atoms with E-state index in [0.717, 1.165) is 61.6 Å². The molecule has 2 saturated heterocycles. The highest BCUT2D eigenvalue weighted by atomic mass is 32.1. The summed E-state index contributed by atoms with van der Waals surface area (Å²) in [5.41, 5.74) is 8.74. The minimum atomic E-state index is 0.262. The van der Waals surface area contributed by atoms with Gasteiger partial charge in [-0.25, -0.2) is 9.97 Å². The monoisotopic (exact) mass is 481 g/mol. The Morgan fingerprint density at radius 1 is 1.29 bits per heavy atom. The summed E-state index contributed by atoms with van der Waals surface area (Å²) in [4.78, 5) is 27.4. The number of aryl methyl sites for hydroxylation is 2. The number of carbonyl (C=O) groups excluding carboxylic acids is 1. The molecule has 3 aliphatic rings. The molecule has 34 heavy (non-hydrogen) atoms. The van der Waals surface area contributed by atoms with Crippen molar-refractivity contribution in [1.82, 2.24) is 19.9 Å². The Hall–Kier alpha value is -3.31. The number of anilines is 3. The van der Waals surface area contributed by atoms with Gasteiger partial charge in [0.25, 0.3) is 0 Å². The molecule has 4 N–H and O–H groups in total. The lowest BCUT2D eigenvalue weighted by Crippen LogP contribution is -2.65.